The van der Waals surface area contributed by atoms with Crippen LogP contribution in [0.25, 0.3) is 0 Å². The Hall–Kier alpha value is -1.40. The zero-order valence-electron chi connectivity index (χ0n) is 13.2. The van der Waals surface area contributed by atoms with E-state index < -0.39 is 39.6 Å². The summed E-state index contributed by atoms with van der Waals surface area (Å²) >= 11 is 6.02. The molecule has 2 N–H and O–H groups in total. The van der Waals surface area contributed by atoms with Gasteiger partial charge in [-0.3, -0.25) is 0 Å². The molecule has 128 valence electrons. The number of hydrogen-bond donors (Lipinski definition) is 2. The van der Waals surface area contributed by atoms with E-state index in [0.717, 1.165) is 5.56 Å². The van der Waals surface area contributed by atoms with Crippen molar-refractivity contribution in [2.75, 3.05) is 13.2 Å². The lowest BCUT2D eigenvalue weighted by Crippen LogP contribution is -2.23. The van der Waals surface area contributed by atoms with Gasteiger partial charge in [0.25, 0.3) is 0 Å². The van der Waals surface area contributed by atoms with Gasteiger partial charge in [-0.1, -0.05) is 41.4 Å². The molecule has 0 saturated heterocycles. The van der Waals surface area contributed by atoms with Gasteiger partial charge in [0.15, 0.2) is 9.84 Å². The van der Waals surface area contributed by atoms with Crippen molar-refractivity contribution in [2.24, 2.45) is 5.41 Å². The topological polar surface area (TPSA) is 74.6 Å². The van der Waals surface area contributed by atoms with E-state index in [1.807, 2.05) is 6.92 Å². The van der Waals surface area contributed by atoms with Crippen molar-refractivity contribution in [2.45, 2.75) is 23.0 Å². The van der Waals surface area contributed by atoms with E-state index in [-0.39, 0.29) is 4.90 Å². The average Bonchev–Trinajstić information content (AvgIpc) is 3.26. The maximum absolute atomic E-state index is 13.1. The molecule has 1 saturated carbocycles. The summed E-state index contributed by atoms with van der Waals surface area (Å²) in [7, 11) is -3.69. The van der Waals surface area contributed by atoms with Gasteiger partial charge in [0.1, 0.15) is 0 Å². The second kappa shape index (κ2) is 6.15. The normalized spacial score (nSPS) is 22.3. The van der Waals surface area contributed by atoms with Crippen molar-refractivity contribution in [1.82, 2.24) is 0 Å². The first-order valence-electron chi connectivity index (χ1n) is 7.64. The third kappa shape index (κ3) is 2.65. The van der Waals surface area contributed by atoms with E-state index in [0.29, 0.717) is 10.6 Å². The van der Waals surface area contributed by atoms with Gasteiger partial charge in [-0.2, -0.15) is 0 Å². The minimum absolute atomic E-state index is 0.203. The summed E-state index contributed by atoms with van der Waals surface area (Å²) in [6.07, 6.45) is 0. The summed E-state index contributed by atoms with van der Waals surface area (Å²) in [5, 5.41) is 19.3. The first kappa shape index (κ1) is 17.4. The van der Waals surface area contributed by atoms with Crippen LogP contribution >= 0.6 is 11.6 Å². The molecule has 0 unspecified atom stereocenters. The molecule has 0 bridgehead atoms. The number of aliphatic hydroxyl groups excluding tert-OH is 2. The molecule has 2 atom stereocenters. The Bertz CT molecular complexity index is 842. The van der Waals surface area contributed by atoms with Crippen molar-refractivity contribution >= 4 is 21.4 Å². The second-order valence-electron chi connectivity index (χ2n) is 6.36. The Morgan fingerprint density at radius 3 is 2.25 bits per heavy atom. The summed E-state index contributed by atoms with van der Waals surface area (Å²) in [5.74, 6) is -0.488. The highest BCUT2D eigenvalue weighted by Gasteiger charge is 2.70. The van der Waals surface area contributed by atoms with Crippen LogP contribution in [0.3, 0.4) is 0 Å². The van der Waals surface area contributed by atoms with Crippen LogP contribution in [0.5, 0.6) is 0 Å². The fraction of sp³-hybridized carbons (Fsp3) is 0.333. The molecule has 2 aromatic rings. The van der Waals surface area contributed by atoms with Crippen LogP contribution in [0.2, 0.25) is 5.02 Å². The van der Waals surface area contributed by atoms with Crippen molar-refractivity contribution in [3.05, 3.63) is 64.7 Å². The minimum atomic E-state index is -3.69. The Kier molecular flexibility index (Phi) is 4.47. The lowest BCUT2D eigenvalue weighted by molar-refractivity contribution is 0.130. The van der Waals surface area contributed by atoms with Gasteiger partial charge in [0.05, 0.1) is 23.4 Å². The van der Waals surface area contributed by atoms with E-state index in [2.05, 4.69) is 0 Å². The fourth-order valence-electron chi connectivity index (χ4n) is 3.45. The summed E-state index contributed by atoms with van der Waals surface area (Å²) < 4.78 is 26.1. The molecule has 1 fully saturated rings. The second-order valence-corrected chi connectivity index (χ2v) is 8.87. The molecule has 1 aliphatic carbocycles. The molecule has 0 spiro atoms. The van der Waals surface area contributed by atoms with Gasteiger partial charge in [-0.15, -0.1) is 0 Å². The van der Waals surface area contributed by atoms with Crippen LogP contribution < -0.4 is 0 Å². The molecule has 0 heterocycles. The maximum Gasteiger partial charge on any atom is 0.182 e. The number of aryl methyl sites for hydroxylation is 1. The maximum atomic E-state index is 13.1. The Morgan fingerprint density at radius 1 is 1.08 bits per heavy atom. The SMILES string of the molecule is Cc1ccc(S(=O)(=O)[C@H]2[C@@H](c3cccc(Cl)c3)C2(CO)CO)cc1. The van der Waals surface area contributed by atoms with Crippen LogP contribution in [0.15, 0.2) is 53.4 Å². The lowest BCUT2D eigenvalue weighted by Gasteiger charge is -2.11. The van der Waals surface area contributed by atoms with E-state index in [9.17, 15) is 18.6 Å². The Labute approximate surface area is 146 Å². The predicted octanol–water partition coefficient (Wildman–Crippen LogP) is 2.56. The summed E-state index contributed by atoms with van der Waals surface area (Å²) in [6.45, 7) is 1.07. The minimum Gasteiger partial charge on any atom is -0.396 e. The summed E-state index contributed by atoms with van der Waals surface area (Å²) in [5.41, 5.74) is 0.590. The van der Waals surface area contributed by atoms with Crippen LogP contribution in [0, 0.1) is 12.3 Å². The lowest BCUT2D eigenvalue weighted by atomic mass is 10.0. The van der Waals surface area contributed by atoms with E-state index >= 15 is 0 Å². The first-order chi connectivity index (χ1) is 11.4. The zero-order chi connectivity index (χ0) is 17.5. The molecule has 0 radical (unpaired) electrons. The highest BCUT2D eigenvalue weighted by atomic mass is 35.5. The molecule has 24 heavy (non-hydrogen) atoms. The number of sulfone groups is 1. The van der Waals surface area contributed by atoms with Crippen molar-refractivity contribution in [1.29, 1.82) is 0 Å². The van der Waals surface area contributed by atoms with E-state index in [1.54, 1.807) is 48.5 Å². The van der Waals surface area contributed by atoms with Gasteiger partial charge < -0.3 is 10.2 Å². The van der Waals surface area contributed by atoms with Crippen LogP contribution in [-0.4, -0.2) is 37.1 Å². The monoisotopic (exact) mass is 366 g/mol. The number of benzene rings is 2. The van der Waals surface area contributed by atoms with Gasteiger partial charge in [0, 0.05) is 16.4 Å². The smallest absolute Gasteiger partial charge is 0.182 e. The summed E-state index contributed by atoms with van der Waals surface area (Å²) in [4.78, 5) is 0.203. The number of halogens is 1. The fourth-order valence-corrected chi connectivity index (χ4v) is 6.08. The van der Waals surface area contributed by atoms with E-state index in [4.69, 9.17) is 11.6 Å². The van der Waals surface area contributed by atoms with Gasteiger partial charge in [-0.05, 0) is 36.8 Å². The van der Waals surface area contributed by atoms with Gasteiger partial charge in [0.2, 0.25) is 0 Å². The third-order valence-electron chi connectivity index (χ3n) is 4.86. The average molecular weight is 367 g/mol. The van der Waals surface area contributed by atoms with E-state index in [1.165, 1.54) is 0 Å². The van der Waals surface area contributed by atoms with Crippen molar-refractivity contribution < 1.29 is 18.6 Å². The molecular formula is C18H19ClO4S. The highest BCUT2D eigenvalue weighted by molar-refractivity contribution is 7.92. The molecule has 6 heteroatoms. The highest BCUT2D eigenvalue weighted by Crippen LogP contribution is 2.63. The van der Waals surface area contributed by atoms with Gasteiger partial charge in [-0.25, -0.2) is 8.42 Å². The summed E-state index contributed by atoms with van der Waals surface area (Å²) in [6, 6.07) is 13.5. The number of rotatable bonds is 5. The molecule has 0 aliphatic heterocycles. The number of aliphatic hydroxyl groups is 2. The molecule has 0 aromatic heterocycles. The molecular weight excluding hydrogens is 348 g/mol. The third-order valence-corrected chi connectivity index (χ3v) is 7.43. The zero-order valence-corrected chi connectivity index (χ0v) is 14.8. The van der Waals surface area contributed by atoms with Crippen molar-refractivity contribution in [3.8, 4) is 0 Å². The molecule has 0 amide bonds. The predicted molar refractivity (Wildman–Crippen MR) is 93.0 cm³/mol. The molecule has 2 aromatic carbocycles. The quantitative estimate of drug-likeness (QED) is 0.852. The molecule has 4 nitrogen and oxygen atoms in total. The van der Waals surface area contributed by atoms with Crippen LogP contribution in [-0.2, 0) is 9.84 Å². The van der Waals surface area contributed by atoms with Crippen LogP contribution in [0.1, 0.15) is 17.0 Å². The Morgan fingerprint density at radius 2 is 1.71 bits per heavy atom. The standard InChI is InChI=1S/C18H19ClO4S/c1-12-5-7-15(8-6-12)24(22,23)17-16(18(17,10-20)11-21)13-3-2-4-14(19)9-13/h2-9,16-17,20-21H,10-11H2,1H3/t16-,17+/m1/s1. The first-order valence-corrected chi connectivity index (χ1v) is 9.57. The Balaban J connectivity index is 2.06. The van der Waals surface area contributed by atoms with Crippen LogP contribution in [0.4, 0.5) is 0 Å². The number of hydrogen-bond acceptors (Lipinski definition) is 4. The van der Waals surface area contributed by atoms with Gasteiger partial charge >= 0.3 is 0 Å². The molecule has 3 rings (SSSR count). The van der Waals surface area contributed by atoms with Crippen molar-refractivity contribution in [3.63, 3.8) is 0 Å². The largest absolute Gasteiger partial charge is 0.396 e. The molecule has 1 aliphatic rings.